The molecule has 2 aromatic carbocycles. The number of anilines is 1. The van der Waals surface area contributed by atoms with Gasteiger partial charge in [0.15, 0.2) is 0 Å². The average Bonchev–Trinajstić information content (AvgIpc) is 3.01. The number of aliphatic hydroxyl groups excluding tert-OH is 1. The van der Waals surface area contributed by atoms with Crippen molar-refractivity contribution in [1.29, 1.82) is 0 Å². The van der Waals surface area contributed by atoms with Gasteiger partial charge in [0.05, 0.1) is 17.7 Å². The number of halogens is 3. The van der Waals surface area contributed by atoms with Crippen LogP contribution < -0.4 is 10.2 Å². The Labute approximate surface area is 171 Å². The van der Waals surface area contributed by atoms with Crippen molar-refractivity contribution in [2.75, 3.05) is 24.6 Å². The summed E-state index contributed by atoms with van der Waals surface area (Å²) in [4.78, 5) is 14.2. The molecule has 0 bridgehead atoms. The number of hydrogen-bond donors (Lipinski definition) is 2. The topological polar surface area (TPSA) is 57.5 Å². The number of fused-ring (bicyclic) bond motifs is 1. The van der Waals surface area contributed by atoms with E-state index >= 15 is 0 Å². The minimum atomic E-state index is -4.38. The van der Waals surface area contributed by atoms with Crippen LogP contribution in [0.5, 0.6) is 0 Å². The molecule has 0 spiro atoms. The number of benzene rings is 2. The minimum absolute atomic E-state index is 0.107. The summed E-state index contributed by atoms with van der Waals surface area (Å²) in [7, 11) is 0. The molecule has 3 aromatic rings. The second-order valence-electron chi connectivity index (χ2n) is 7.44. The first-order valence-electron chi connectivity index (χ1n) is 9.74. The minimum Gasteiger partial charge on any atom is -0.395 e. The Hall–Kier alpha value is -3.00. The fourth-order valence-electron chi connectivity index (χ4n) is 3.87. The average molecular weight is 417 g/mol. The Morgan fingerprint density at radius 2 is 1.97 bits per heavy atom. The summed E-state index contributed by atoms with van der Waals surface area (Å²) >= 11 is 0. The number of amides is 1. The Balaban J connectivity index is 1.66. The van der Waals surface area contributed by atoms with Gasteiger partial charge in [-0.1, -0.05) is 6.07 Å². The largest absolute Gasteiger partial charge is 0.416 e. The van der Waals surface area contributed by atoms with E-state index < -0.39 is 11.7 Å². The van der Waals surface area contributed by atoms with Crippen LogP contribution in [0, 0.1) is 6.92 Å². The number of nitrogens with zero attached hydrogens (tertiary/aromatic N) is 2. The third-order valence-corrected chi connectivity index (χ3v) is 5.50. The molecule has 1 unspecified atom stereocenters. The molecule has 1 amide bonds. The van der Waals surface area contributed by atoms with Crippen molar-refractivity contribution in [3.05, 3.63) is 59.8 Å². The van der Waals surface area contributed by atoms with E-state index in [2.05, 4.69) is 5.32 Å². The summed E-state index contributed by atoms with van der Waals surface area (Å²) in [6.07, 6.45) is -1.83. The van der Waals surface area contributed by atoms with Crippen LogP contribution in [0.25, 0.3) is 16.6 Å². The van der Waals surface area contributed by atoms with Crippen LogP contribution in [-0.4, -0.2) is 41.3 Å². The maximum atomic E-state index is 13.1. The zero-order valence-corrected chi connectivity index (χ0v) is 16.4. The number of aryl methyl sites for hydroxylation is 1. The predicted molar refractivity (Wildman–Crippen MR) is 109 cm³/mol. The SMILES string of the molecule is Cc1cn(-c2cccc(N3CCC3C(=O)NCCO)c2)c2ccc(C(F)(F)F)cc12. The van der Waals surface area contributed by atoms with Crippen LogP contribution in [-0.2, 0) is 11.0 Å². The Bertz CT molecular complexity index is 1090. The molecule has 2 N–H and O–H groups in total. The second-order valence-corrected chi connectivity index (χ2v) is 7.44. The zero-order valence-electron chi connectivity index (χ0n) is 16.4. The van der Waals surface area contributed by atoms with Gasteiger partial charge in [0, 0.05) is 36.0 Å². The Morgan fingerprint density at radius 1 is 1.20 bits per heavy atom. The molecule has 0 saturated carbocycles. The monoisotopic (exact) mass is 417 g/mol. The summed E-state index contributed by atoms with van der Waals surface area (Å²) in [5.41, 5.74) is 2.47. The van der Waals surface area contributed by atoms with Gasteiger partial charge in [0.25, 0.3) is 0 Å². The highest BCUT2D eigenvalue weighted by atomic mass is 19.4. The van der Waals surface area contributed by atoms with Crippen LogP contribution >= 0.6 is 0 Å². The lowest BCUT2D eigenvalue weighted by Gasteiger charge is -2.41. The molecule has 2 heterocycles. The standard InChI is InChI=1S/C22H22F3N3O2/c1-14-13-28(19-6-5-15(11-18(14)19)22(23,24)25)17-4-2-3-16(12-17)27-9-7-20(27)21(30)26-8-10-29/h2-6,11-13,20,29H,7-10H2,1H3,(H,26,30). The van der Waals surface area contributed by atoms with E-state index in [1.54, 1.807) is 6.92 Å². The molecular weight excluding hydrogens is 395 g/mol. The van der Waals surface area contributed by atoms with Gasteiger partial charge in [-0.15, -0.1) is 0 Å². The zero-order chi connectivity index (χ0) is 21.5. The van der Waals surface area contributed by atoms with Crippen LogP contribution in [0.1, 0.15) is 17.5 Å². The van der Waals surface area contributed by atoms with Crippen molar-refractivity contribution in [3.63, 3.8) is 0 Å². The molecule has 1 aliphatic heterocycles. The molecule has 0 radical (unpaired) electrons. The Kier molecular flexibility index (Phi) is 5.19. The number of aromatic nitrogens is 1. The number of rotatable bonds is 5. The smallest absolute Gasteiger partial charge is 0.395 e. The number of carbonyl (C=O) groups excluding carboxylic acids is 1. The predicted octanol–water partition coefficient (Wildman–Crippen LogP) is 3.64. The van der Waals surface area contributed by atoms with E-state index in [4.69, 9.17) is 5.11 Å². The quantitative estimate of drug-likeness (QED) is 0.667. The number of alkyl halides is 3. The maximum Gasteiger partial charge on any atom is 0.416 e. The van der Waals surface area contributed by atoms with E-state index in [1.165, 1.54) is 12.1 Å². The first-order chi connectivity index (χ1) is 14.3. The number of aliphatic hydroxyl groups is 1. The molecular formula is C22H22F3N3O2. The number of nitrogens with one attached hydrogen (secondary N) is 1. The van der Waals surface area contributed by atoms with Gasteiger partial charge in [0.2, 0.25) is 5.91 Å². The van der Waals surface area contributed by atoms with Gasteiger partial charge in [0.1, 0.15) is 6.04 Å². The molecule has 1 saturated heterocycles. The van der Waals surface area contributed by atoms with E-state index in [1.807, 2.05) is 39.9 Å². The molecule has 158 valence electrons. The summed E-state index contributed by atoms with van der Waals surface area (Å²) < 4.78 is 41.1. The van der Waals surface area contributed by atoms with Crippen molar-refractivity contribution in [2.45, 2.75) is 25.6 Å². The summed E-state index contributed by atoms with van der Waals surface area (Å²) in [6.45, 7) is 2.64. The van der Waals surface area contributed by atoms with Gasteiger partial charge < -0.3 is 19.9 Å². The lowest BCUT2D eigenvalue weighted by Crippen LogP contribution is -2.56. The van der Waals surface area contributed by atoms with Crippen LogP contribution in [0.2, 0.25) is 0 Å². The molecule has 1 aromatic heterocycles. The highest BCUT2D eigenvalue weighted by molar-refractivity contribution is 5.88. The van der Waals surface area contributed by atoms with Gasteiger partial charge in [-0.3, -0.25) is 4.79 Å². The van der Waals surface area contributed by atoms with Crippen molar-refractivity contribution in [3.8, 4) is 5.69 Å². The van der Waals surface area contributed by atoms with Crippen molar-refractivity contribution < 1.29 is 23.1 Å². The summed E-state index contributed by atoms with van der Waals surface area (Å²) in [5.74, 6) is -0.123. The van der Waals surface area contributed by atoms with Crippen molar-refractivity contribution in [2.24, 2.45) is 0 Å². The maximum absolute atomic E-state index is 13.1. The van der Waals surface area contributed by atoms with E-state index in [0.717, 1.165) is 36.0 Å². The van der Waals surface area contributed by atoms with Crippen LogP contribution in [0.4, 0.5) is 18.9 Å². The third-order valence-electron chi connectivity index (χ3n) is 5.50. The van der Waals surface area contributed by atoms with E-state index in [0.29, 0.717) is 10.9 Å². The van der Waals surface area contributed by atoms with Gasteiger partial charge in [-0.2, -0.15) is 13.2 Å². The molecule has 0 aliphatic carbocycles. The molecule has 1 atom stereocenters. The van der Waals surface area contributed by atoms with Crippen molar-refractivity contribution in [1.82, 2.24) is 9.88 Å². The fourth-order valence-corrected chi connectivity index (χ4v) is 3.87. The third kappa shape index (κ3) is 3.63. The lowest BCUT2D eigenvalue weighted by atomic mass is 10.0. The second kappa shape index (κ2) is 7.68. The summed E-state index contributed by atoms with van der Waals surface area (Å²) in [6, 6.07) is 11.1. The number of hydrogen-bond acceptors (Lipinski definition) is 3. The first kappa shape index (κ1) is 20.3. The van der Waals surface area contributed by atoms with E-state index in [9.17, 15) is 18.0 Å². The van der Waals surface area contributed by atoms with Crippen LogP contribution in [0.3, 0.4) is 0 Å². The van der Waals surface area contributed by atoms with Crippen LogP contribution in [0.15, 0.2) is 48.7 Å². The molecule has 30 heavy (non-hydrogen) atoms. The molecule has 1 fully saturated rings. The highest BCUT2D eigenvalue weighted by Gasteiger charge is 2.34. The molecule has 5 nitrogen and oxygen atoms in total. The van der Waals surface area contributed by atoms with Crippen molar-refractivity contribution >= 4 is 22.5 Å². The first-order valence-corrected chi connectivity index (χ1v) is 9.74. The lowest BCUT2D eigenvalue weighted by molar-refractivity contribution is -0.137. The Morgan fingerprint density at radius 3 is 2.63 bits per heavy atom. The molecule has 8 heteroatoms. The highest BCUT2D eigenvalue weighted by Crippen LogP contribution is 2.35. The fraction of sp³-hybridized carbons (Fsp3) is 0.318. The number of carbonyl (C=O) groups is 1. The molecule has 4 rings (SSSR count). The summed E-state index contributed by atoms with van der Waals surface area (Å²) in [5, 5.41) is 12.1. The normalized spacial score (nSPS) is 16.6. The van der Waals surface area contributed by atoms with Gasteiger partial charge in [-0.25, -0.2) is 0 Å². The van der Waals surface area contributed by atoms with Gasteiger partial charge in [-0.05, 0) is 55.3 Å². The van der Waals surface area contributed by atoms with Gasteiger partial charge >= 0.3 is 6.18 Å². The molecule has 1 aliphatic rings. The van der Waals surface area contributed by atoms with E-state index in [-0.39, 0.29) is 25.1 Å².